The number of hydrogen-bond acceptors (Lipinski definition) is 2. The lowest BCUT2D eigenvalue weighted by Gasteiger charge is -2.07. The van der Waals surface area contributed by atoms with Gasteiger partial charge in [0.2, 0.25) is 5.91 Å². The SMILES string of the molecule is CC(C)C(=O)Nc1ccc2cn[nH]c2c1. The van der Waals surface area contributed by atoms with Gasteiger partial charge in [0.1, 0.15) is 0 Å². The molecule has 4 nitrogen and oxygen atoms in total. The van der Waals surface area contributed by atoms with E-state index in [2.05, 4.69) is 15.5 Å². The zero-order valence-corrected chi connectivity index (χ0v) is 8.74. The first kappa shape index (κ1) is 9.71. The first-order valence-electron chi connectivity index (χ1n) is 4.91. The van der Waals surface area contributed by atoms with Gasteiger partial charge in [-0.2, -0.15) is 5.10 Å². The number of nitrogens with zero attached hydrogens (tertiary/aromatic N) is 1. The maximum atomic E-state index is 11.4. The molecule has 1 aromatic heterocycles. The quantitative estimate of drug-likeness (QED) is 0.785. The number of H-pyrrole nitrogens is 1. The van der Waals surface area contributed by atoms with E-state index in [9.17, 15) is 4.79 Å². The molecule has 15 heavy (non-hydrogen) atoms. The zero-order chi connectivity index (χ0) is 10.8. The van der Waals surface area contributed by atoms with Gasteiger partial charge in [0, 0.05) is 17.0 Å². The van der Waals surface area contributed by atoms with Crippen LogP contribution in [0, 0.1) is 5.92 Å². The number of hydrogen-bond donors (Lipinski definition) is 2. The Morgan fingerprint density at radius 3 is 3.00 bits per heavy atom. The topological polar surface area (TPSA) is 57.8 Å². The van der Waals surface area contributed by atoms with Crippen molar-refractivity contribution < 1.29 is 4.79 Å². The van der Waals surface area contributed by atoms with E-state index >= 15 is 0 Å². The van der Waals surface area contributed by atoms with E-state index in [4.69, 9.17) is 0 Å². The van der Waals surface area contributed by atoms with Gasteiger partial charge in [-0.05, 0) is 18.2 Å². The molecule has 0 aliphatic rings. The van der Waals surface area contributed by atoms with Crippen LogP contribution in [0.5, 0.6) is 0 Å². The maximum absolute atomic E-state index is 11.4. The molecule has 0 saturated carbocycles. The molecule has 0 aliphatic heterocycles. The predicted molar refractivity (Wildman–Crippen MR) is 59.6 cm³/mol. The summed E-state index contributed by atoms with van der Waals surface area (Å²) in [5, 5.41) is 10.7. The molecular weight excluding hydrogens is 190 g/mol. The second kappa shape index (κ2) is 3.73. The summed E-state index contributed by atoms with van der Waals surface area (Å²) in [6, 6.07) is 5.68. The van der Waals surface area contributed by atoms with Gasteiger partial charge < -0.3 is 5.32 Å². The number of aromatic nitrogens is 2. The minimum Gasteiger partial charge on any atom is -0.326 e. The van der Waals surface area contributed by atoms with E-state index in [1.54, 1.807) is 6.20 Å². The lowest BCUT2D eigenvalue weighted by Crippen LogP contribution is -2.17. The van der Waals surface area contributed by atoms with Crippen molar-refractivity contribution in [2.45, 2.75) is 13.8 Å². The largest absolute Gasteiger partial charge is 0.326 e. The van der Waals surface area contributed by atoms with Crippen molar-refractivity contribution in [1.82, 2.24) is 10.2 Å². The van der Waals surface area contributed by atoms with Crippen LogP contribution in [0.15, 0.2) is 24.4 Å². The summed E-state index contributed by atoms with van der Waals surface area (Å²) >= 11 is 0. The van der Waals surface area contributed by atoms with Gasteiger partial charge in [-0.3, -0.25) is 9.89 Å². The smallest absolute Gasteiger partial charge is 0.226 e. The lowest BCUT2D eigenvalue weighted by molar-refractivity contribution is -0.118. The highest BCUT2D eigenvalue weighted by Gasteiger charge is 2.07. The lowest BCUT2D eigenvalue weighted by atomic mass is 10.2. The third kappa shape index (κ3) is 1.98. The molecule has 0 saturated heterocycles. The Bertz CT molecular complexity index is 487. The highest BCUT2D eigenvalue weighted by Crippen LogP contribution is 2.16. The van der Waals surface area contributed by atoms with Crippen molar-refractivity contribution in [1.29, 1.82) is 0 Å². The van der Waals surface area contributed by atoms with Gasteiger partial charge in [0.15, 0.2) is 0 Å². The Kier molecular flexibility index (Phi) is 2.41. The van der Waals surface area contributed by atoms with Crippen molar-refractivity contribution in [3.05, 3.63) is 24.4 Å². The summed E-state index contributed by atoms with van der Waals surface area (Å²) in [4.78, 5) is 11.4. The Morgan fingerprint density at radius 1 is 1.47 bits per heavy atom. The van der Waals surface area contributed by atoms with E-state index in [1.165, 1.54) is 0 Å². The predicted octanol–water partition coefficient (Wildman–Crippen LogP) is 2.16. The van der Waals surface area contributed by atoms with Crippen LogP contribution >= 0.6 is 0 Å². The molecule has 0 spiro atoms. The van der Waals surface area contributed by atoms with Crippen LogP contribution in [0.1, 0.15) is 13.8 Å². The molecule has 0 atom stereocenters. The summed E-state index contributed by atoms with van der Waals surface area (Å²) in [5.41, 5.74) is 1.72. The molecule has 1 aromatic carbocycles. The minimum atomic E-state index is -0.0116. The Balaban J connectivity index is 2.25. The second-order valence-corrected chi connectivity index (χ2v) is 3.82. The third-order valence-corrected chi connectivity index (χ3v) is 2.23. The molecule has 0 fully saturated rings. The summed E-state index contributed by atoms with van der Waals surface area (Å²) in [6.45, 7) is 3.73. The first-order valence-corrected chi connectivity index (χ1v) is 4.91. The molecule has 0 radical (unpaired) electrons. The summed E-state index contributed by atoms with van der Waals surface area (Å²) in [6.07, 6.45) is 1.75. The average molecular weight is 203 g/mol. The number of amides is 1. The fraction of sp³-hybridized carbons (Fsp3) is 0.273. The minimum absolute atomic E-state index is 0.0116. The van der Waals surface area contributed by atoms with Crippen molar-refractivity contribution >= 4 is 22.5 Å². The van der Waals surface area contributed by atoms with Crippen LogP contribution < -0.4 is 5.32 Å². The van der Waals surface area contributed by atoms with Crippen LogP contribution in [-0.4, -0.2) is 16.1 Å². The maximum Gasteiger partial charge on any atom is 0.226 e. The molecule has 2 N–H and O–H groups in total. The van der Waals surface area contributed by atoms with Gasteiger partial charge in [0.25, 0.3) is 0 Å². The number of rotatable bonds is 2. The van der Waals surface area contributed by atoms with Crippen molar-refractivity contribution in [3.8, 4) is 0 Å². The third-order valence-electron chi connectivity index (χ3n) is 2.23. The van der Waals surface area contributed by atoms with Crippen LogP contribution in [0.4, 0.5) is 5.69 Å². The van der Waals surface area contributed by atoms with Gasteiger partial charge in [-0.15, -0.1) is 0 Å². The van der Waals surface area contributed by atoms with Gasteiger partial charge in [0.05, 0.1) is 11.7 Å². The average Bonchev–Trinajstić information content (AvgIpc) is 2.64. The van der Waals surface area contributed by atoms with E-state index in [1.807, 2.05) is 32.0 Å². The molecular formula is C11H13N3O. The number of anilines is 1. The van der Waals surface area contributed by atoms with E-state index in [0.29, 0.717) is 0 Å². The van der Waals surface area contributed by atoms with Gasteiger partial charge in [-0.25, -0.2) is 0 Å². The van der Waals surface area contributed by atoms with Crippen LogP contribution in [0.25, 0.3) is 10.9 Å². The number of benzene rings is 1. The Labute approximate surface area is 87.7 Å². The number of aromatic amines is 1. The monoisotopic (exact) mass is 203 g/mol. The molecule has 0 unspecified atom stereocenters. The highest BCUT2D eigenvalue weighted by molar-refractivity contribution is 5.94. The molecule has 4 heteroatoms. The summed E-state index contributed by atoms with van der Waals surface area (Å²) in [5.74, 6) is 0.0105. The fourth-order valence-electron chi connectivity index (χ4n) is 1.30. The Morgan fingerprint density at radius 2 is 2.27 bits per heavy atom. The second-order valence-electron chi connectivity index (χ2n) is 3.82. The number of fused-ring (bicyclic) bond motifs is 1. The van der Waals surface area contributed by atoms with E-state index in [0.717, 1.165) is 16.6 Å². The van der Waals surface area contributed by atoms with Crippen molar-refractivity contribution in [3.63, 3.8) is 0 Å². The van der Waals surface area contributed by atoms with E-state index < -0.39 is 0 Å². The summed E-state index contributed by atoms with van der Waals surface area (Å²) < 4.78 is 0. The Hall–Kier alpha value is -1.84. The van der Waals surface area contributed by atoms with Gasteiger partial charge in [-0.1, -0.05) is 13.8 Å². The molecule has 2 rings (SSSR count). The molecule has 1 heterocycles. The molecule has 0 bridgehead atoms. The first-order chi connectivity index (χ1) is 7.16. The number of carbonyl (C=O) groups excluding carboxylic acids is 1. The summed E-state index contributed by atoms with van der Waals surface area (Å²) in [7, 11) is 0. The normalized spacial score (nSPS) is 10.9. The molecule has 78 valence electrons. The van der Waals surface area contributed by atoms with Gasteiger partial charge >= 0.3 is 0 Å². The molecule has 1 amide bonds. The van der Waals surface area contributed by atoms with E-state index in [-0.39, 0.29) is 11.8 Å². The van der Waals surface area contributed by atoms with Crippen molar-refractivity contribution in [2.24, 2.45) is 5.92 Å². The fourth-order valence-corrected chi connectivity index (χ4v) is 1.30. The van der Waals surface area contributed by atoms with Crippen LogP contribution in [-0.2, 0) is 4.79 Å². The number of carbonyl (C=O) groups is 1. The highest BCUT2D eigenvalue weighted by atomic mass is 16.1. The standard InChI is InChI=1S/C11H13N3O/c1-7(2)11(15)13-9-4-3-8-6-12-14-10(8)5-9/h3-7H,1-2H3,(H,12,14)(H,13,15). The van der Waals surface area contributed by atoms with Crippen LogP contribution in [0.2, 0.25) is 0 Å². The zero-order valence-electron chi connectivity index (χ0n) is 8.74. The molecule has 0 aliphatic carbocycles. The molecule has 2 aromatic rings. The van der Waals surface area contributed by atoms with Crippen LogP contribution in [0.3, 0.4) is 0 Å². The van der Waals surface area contributed by atoms with Crippen molar-refractivity contribution in [2.75, 3.05) is 5.32 Å². The number of nitrogens with one attached hydrogen (secondary N) is 2.